The van der Waals surface area contributed by atoms with Crippen molar-refractivity contribution in [2.24, 2.45) is 5.92 Å². The van der Waals surface area contributed by atoms with Gasteiger partial charge in [-0.25, -0.2) is 5.43 Å². The highest BCUT2D eigenvalue weighted by molar-refractivity contribution is 5.63. The second kappa shape index (κ2) is 3.35. The van der Waals surface area contributed by atoms with E-state index in [0.29, 0.717) is 0 Å². The van der Waals surface area contributed by atoms with Crippen LogP contribution >= 0.6 is 0 Å². The maximum absolute atomic E-state index is 11.0. The Morgan fingerprint density at radius 3 is 3.20 bits per heavy atom. The maximum atomic E-state index is 11.0. The molecule has 1 heterocycles. The van der Waals surface area contributed by atoms with E-state index in [1.807, 2.05) is 0 Å². The number of nitrogens with one attached hydrogen (secondary N) is 2. The number of allylic oxidation sites excluding steroid dienone is 4. The summed E-state index contributed by atoms with van der Waals surface area (Å²) in [5.41, 5.74) is 11.8. The Hall–Kier alpha value is -1.35. The van der Waals surface area contributed by atoms with Crippen LogP contribution in [0.1, 0.15) is 19.3 Å². The van der Waals surface area contributed by atoms with Crippen molar-refractivity contribution in [1.29, 1.82) is 0 Å². The van der Waals surface area contributed by atoms with Crippen molar-refractivity contribution in [3.05, 3.63) is 34.6 Å². The smallest absolute Gasteiger partial charge is 0.127 e. The summed E-state index contributed by atoms with van der Waals surface area (Å²) in [5.74, 6) is 0.125. The molecule has 0 spiro atoms. The summed E-state index contributed by atoms with van der Waals surface area (Å²) in [6, 6.07) is 0. The zero-order valence-electron chi connectivity index (χ0n) is 8.55. The van der Waals surface area contributed by atoms with Crippen LogP contribution in [0.3, 0.4) is 0 Å². The van der Waals surface area contributed by atoms with Gasteiger partial charge in [0.05, 0.1) is 0 Å². The lowest BCUT2D eigenvalue weighted by atomic mass is 9.79. The van der Waals surface area contributed by atoms with Crippen molar-refractivity contribution < 1.29 is 4.79 Å². The molecule has 3 heteroatoms. The average Bonchev–Trinajstić information content (AvgIpc) is 2.72. The van der Waals surface area contributed by atoms with Gasteiger partial charge < -0.3 is 10.2 Å². The van der Waals surface area contributed by atoms with E-state index in [4.69, 9.17) is 0 Å². The minimum absolute atomic E-state index is 0.125. The summed E-state index contributed by atoms with van der Waals surface area (Å²) < 4.78 is 0. The topological polar surface area (TPSA) is 41.1 Å². The predicted octanol–water partition coefficient (Wildman–Crippen LogP) is 1.21. The van der Waals surface area contributed by atoms with Gasteiger partial charge in [-0.1, -0.05) is 17.7 Å². The van der Waals surface area contributed by atoms with Crippen molar-refractivity contribution >= 4 is 6.29 Å². The minimum Gasteiger partial charge on any atom is -0.325 e. The monoisotopic (exact) mass is 202 g/mol. The van der Waals surface area contributed by atoms with Gasteiger partial charge in [0.15, 0.2) is 0 Å². The van der Waals surface area contributed by atoms with Gasteiger partial charge in [-0.3, -0.25) is 0 Å². The standard InChI is InChI=1S/C12H14N2O/c15-7-9-3-1-2-8-5-12-10(4-11(8)9)6-13-14-12/h1-2,7,9,13-14H,3-6H2. The van der Waals surface area contributed by atoms with Gasteiger partial charge in [0, 0.05) is 24.6 Å². The first-order chi connectivity index (χ1) is 7.38. The fourth-order valence-corrected chi connectivity index (χ4v) is 2.61. The normalized spacial score (nSPS) is 28.7. The molecule has 0 aromatic carbocycles. The highest BCUT2D eigenvalue weighted by Crippen LogP contribution is 2.37. The van der Waals surface area contributed by atoms with Gasteiger partial charge in [0.2, 0.25) is 0 Å². The molecule has 0 aromatic rings. The van der Waals surface area contributed by atoms with E-state index in [-0.39, 0.29) is 5.92 Å². The van der Waals surface area contributed by atoms with Gasteiger partial charge in [-0.15, -0.1) is 0 Å². The fourth-order valence-electron chi connectivity index (χ4n) is 2.61. The van der Waals surface area contributed by atoms with E-state index in [1.165, 1.54) is 22.4 Å². The molecule has 15 heavy (non-hydrogen) atoms. The van der Waals surface area contributed by atoms with E-state index in [1.54, 1.807) is 0 Å². The second-order valence-corrected chi connectivity index (χ2v) is 4.35. The lowest BCUT2D eigenvalue weighted by Gasteiger charge is -2.26. The van der Waals surface area contributed by atoms with Crippen molar-refractivity contribution in [3.8, 4) is 0 Å². The molecule has 0 saturated heterocycles. The molecule has 0 saturated carbocycles. The van der Waals surface area contributed by atoms with Gasteiger partial charge in [-0.2, -0.15) is 0 Å². The summed E-state index contributed by atoms with van der Waals surface area (Å²) in [6.45, 7) is 0.918. The van der Waals surface area contributed by atoms with Crippen LogP contribution in [0.4, 0.5) is 0 Å². The van der Waals surface area contributed by atoms with Crippen LogP contribution in [0.5, 0.6) is 0 Å². The van der Waals surface area contributed by atoms with E-state index < -0.39 is 0 Å². The van der Waals surface area contributed by atoms with Crippen LogP contribution in [-0.4, -0.2) is 12.8 Å². The number of carbonyl (C=O) groups is 1. The number of carbonyl (C=O) groups excluding carboxylic acids is 1. The predicted molar refractivity (Wildman–Crippen MR) is 57.7 cm³/mol. The molecule has 0 aromatic heterocycles. The zero-order valence-corrected chi connectivity index (χ0v) is 8.55. The molecule has 78 valence electrons. The van der Waals surface area contributed by atoms with Gasteiger partial charge in [0.25, 0.3) is 0 Å². The molecule has 1 atom stereocenters. The second-order valence-electron chi connectivity index (χ2n) is 4.35. The summed E-state index contributed by atoms with van der Waals surface area (Å²) >= 11 is 0. The molecule has 1 unspecified atom stereocenters. The van der Waals surface area contributed by atoms with Crippen molar-refractivity contribution in [2.45, 2.75) is 19.3 Å². The summed E-state index contributed by atoms with van der Waals surface area (Å²) in [5, 5.41) is 0. The molecular weight excluding hydrogens is 188 g/mol. The third-order valence-electron chi connectivity index (χ3n) is 3.47. The Labute approximate surface area is 88.9 Å². The molecular formula is C12H14N2O. The van der Waals surface area contributed by atoms with Crippen LogP contribution < -0.4 is 10.9 Å². The molecule has 0 fully saturated rings. The van der Waals surface area contributed by atoms with E-state index in [0.717, 1.165) is 32.1 Å². The highest BCUT2D eigenvalue weighted by Gasteiger charge is 2.27. The Kier molecular flexibility index (Phi) is 1.99. The quantitative estimate of drug-likeness (QED) is 0.628. The van der Waals surface area contributed by atoms with Crippen LogP contribution in [0.25, 0.3) is 0 Å². The van der Waals surface area contributed by atoms with E-state index in [9.17, 15) is 4.79 Å². The van der Waals surface area contributed by atoms with Crippen LogP contribution in [0.2, 0.25) is 0 Å². The molecule has 1 aliphatic heterocycles. The number of hydrazine groups is 1. The van der Waals surface area contributed by atoms with E-state index in [2.05, 4.69) is 23.0 Å². The van der Waals surface area contributed by atoms with Crippen molar-refractivity contribution in [1.82, 2.24) is 10.9 Å². The Balaban J connectivity index is 1.93. The molecule has 3 rings (SSSR count). The van der Waals surface area contributed by atoms with E-state index >= 15 is 0 Å². The average molecular weight is 202 g/mol. The third kappa shape index (κ3) is 1.35. The number of hydrogen-bond acceptors (Lipinski definition) is 3. The fraction of sp³-hybridized carbons (Fsp3) is 0.417. The first kappa shape index (κ1) is 8.92. The van der Waals surface area contributed by atoms with Crippen molar-refractivity contribution in [2.75, 3.05) is 6.54 Å². The molecule has 0 bridgehead atoms. The molecule has 3 nitrogen and oxygen atoms in total. The molecule has 3 aliphatic rings. The summed E-state index contributed by atoms with van der Waals surface area (Å²) in [6.07, 6.45) is 8.20. The van der Waals surface area contributed by atoms with Crippen molar-refractivity contribution in [3.63, 3.8) is 0 Å². The number of aldehydes is 1. The van der Waals surface area contributed by atoms with Crippen LogP contribution in [0.15, 0.2) is 34.6 Å². The Morgan fingerprint density at radius 2 is 2.33 bits per heavy atom. The number of hydrogen-bond donors (Lipinski definition) is 2. The number of rotatable bonds is 1. The Bertz CT molecular complexity index is 404. The minimum atomic E-state index is 0.125. The van der Waals surface area contributed by atoms with Gasteiger partial charge >= 0.3 is 0 Å². The molecule has 0 radical (unpaired) electrons. The maximum Gasteiger partial charge on any atom is 0.127 e. The highest BCUT2D eigenvalue weighted by atomic mass is 16.1. The van der Waals surface area contributed by atoms with Crippen LogP contribution in [-0.2, 0) is 4.79 Å². The summed E-state index contributed by atoms with van der Waals surface area (Å²) in [7, 11) is 0. The van der Waals surface area contributed by atoms with Crippen LogP contribution in [0, 0.1) is 5.92 Å². The molecule has 0 amide bonds. The summed E-state index contributed by atoms with van der Waals surface area (Å²) in [4.78, 5) is 11.0. The molecule has 2 aliphatic carbocycles. The SMILES string of the molecule is O=CC1CC=CC2=C1CC1=C(C2)NNC1. The first-order valence-corrected chi connectivity index (χ1v) is 5.42. The lowest BCUT2D eigenvalue weighted by molar-refractivity contribution is -0.110. The lowest BCUT2D eigenvalue weighted by Crippen LogP contribution is -2.24. The third-order valence-corrected chi connectivity index (χ3v) is 3.47. The van der Waals surface area contributed by atoms with Gasteiger partial charge in [-0.05, 0) is 24.0 Å². The van der Waals surface area contributed by atoms with Gasteiger partial charge in [0.1, 0.15) is 6.29 Å². The largest absolute Gasteiger partial charge is 0.325 e. The molecule has 2 N–H and O–H groups in total. The zero-order chi connectivity index (χ0) is 10.3. The Morgan fingerprint density at radius 1 is 1.40 bits per heavy atom. The first-order valence-electron chi connectivity index (χ1n) is 5.42.